The highest BCUT2D eigenvalue weighted by atomic mass is 16.2. The van der Waals surface area contributed by atoms with Crippen LogP contribution in [0.25, 0.3) is 0 Å². The monoisotopic (exact) mass is 228 g/mol. The van der Waals surface area contributed by atoms with E-state index in [-0.39, 0.29) is 18.5 Å². The maximum Gasteiger partial charge on any atom is 0.321 e. The third kappa shape index (κ3) is 4.59. The van der Waals surface area contributed by atoms with Gasteiger partial charge >= 0.3 is 6.03 Å². The number of amides is 3. The molecule has 0 radical (unpaired) electrons. The second kappa shape index (κ2) is 6.44. The summed E-state index contributed by atoms with van der Waals surface area (Å²) in [4.78, 5) is 24.5. The Bertz CT molecular complexity index is 257. The molecule has 0 aliphatic carbocycles. The van der Waals surface area contributed by atoms with Crippen LogP contribution in [-0.2, 0) is 4.79 Å². The zero-order chi connectivity index (χ0) is 12.0. The fraction of sp³-hybridized carbons (Fsp3) is 0.800. The average Bonchev–Trinajstić information content (AvgIpc) is 2.60. The first-order valence-electron chi connectivity index (χ1n) is 5.67. The van der Waals surface area contributed by atoms with Gasteiger partial charge in [0, 0.05) is 25.7 Å². The SMILES string of the molecule is CCCNC(=O)NC(=O)CN1CCC(N)C1. The highest BCUT2D eigenvalue weighted by Crippen LogP contribution is 2.05. The number of rotatable bonds is 4. The molecule has 0 spiro atoms. The number of nitrogens with one attached hydrogen (secondary N) is 2. The van der Waals surface area contributed by atoms with Crippen LogP contribution in [0.4, 0.5) is 4.79 Å². The Morgan fingerprint density at radius 2 is 2.25 bits per heavy atom. The third-order valence-electron chi connectivity index (χ3n) is 2.46. The van der Waals surface area contributed by atoms with Crippen molar-refractivity contribution in [3.63, 3.8) is 0 Å². The summed E-state index contributed by atoms with van der Waals surface area (Å²) in [6.45, 7) is 4.32. The molecule has 0 saturated carbocycles. The Balaban J connectivity index is 2.17. The molecule has 1 fully saturated rings. The lowest BCUT2D eigenvalue weighted by molar-refractivity contribution is -0.120. The van der Waals surface area contributed by atoms with E-state index in [1.54, 1.807) is 0 Å². The second-order valence-electron chi connectivity index (χ2n) is 4.09. The van der Waals surface area contributed by atoms with Crippen molar-refractivity contribution < 1.29 is 9.59 Å². The molecule has 0 aromatic heterocycles. The number of likely N-dealkylation sites (tertiary alicyclic amines) is 1. The Morgan fingerprint density at radius 3 is 2.81 bits per heavy atom. The van der Waals surface area contributed by atoms with Crippen LogP contribution >= 0.6 is 0 Å². The Morgan fingerprint density at radius 1 is 1.50 bits per heavy atom. The van der Waals surface area contributed by atoms with Gasteiger partial charge in [0.05, 0.1) is 6.54 Å². The van der Waals surface area contributed by atoms with Crippen molar-refractivity contribution in [2.24, 2.45) is 5.73 Å². The molecule has 1 saturated heterocycles. The van der Waals surface area contributed by atoms with Gasteiger partial charge in [0.2, 0.25) is 5.91 Å². The normalized spacial score (nSPS) is 20.8. The van der Waals surface area contributed by atoms with E-state index >= 15 is 0 Å². The fourth-order valence-corrected chi connectivity index (χ4v) is 1.66. The van der Waals surface area contributed by atoms with Crippen LogP contribution in [0.2, 0.25) is 0 Å². The van der Waals surface area contributed by atoms with Crippen LogP contribution in [0.1, 0.15) is 19.8 Å². The van der Waals surface area contributed by atoms with Gasteiger partial charge in [0.25, 0.3) is 0 Å². The molecule has 1 rings (SSSR count). The molecular formula is C10H20N4O2. The Hall–Kier alpha value is -1.14. The molecule has 4 N–H and O–H groups in total. The van der Waals surface area contributed by atoms with Crippen molar-refractivity contribution in [2.75, 3.05) is 26.2 Å². The summed E-state index contributed by atoms with van der Waals surface area (Å²) in [6.07, 6.45) is 1.76. The fourth-order valence-electron chi connectivity index (χ4n) is 1.66. The minimum Gasteiger partial charge on any atom is -0.338 e. The van der Waals surface area contributed by atoms with Gasteiger partial charge in [-0.15, -0.1) is 0 Å². The number of hydrogen-bond acceptors (Lipinski definition) is 4. The minimum absolute atomic E-state index is 0.154. The first-order chi connectivity index (χ1) is 7.61. The van der Waals surface area contributed by atoms with Crippen molar-refractivity contribution in [1.82, 2.24) is 15.5 Å². The van der Waals surface area contributed by atoms with Gasteiger partial charge in [-0.3, -0.25) is 15.0 Å². The van der Waals surface area contributed by atoms with Crippen molar-refractivity contribution in [3.8, 4) is 0 Å². The van der Waals surface area contributed by atoms with Crippen molar-refractivity contribution in [3.05, 3.63) is 0 Å². The number of carbonyl (C=O) groups excluding carboxylic acids is 2. The minimum atomic E-state index is -0.421. The lowest BCUT2D eigenvalue weighted by Crippen LogP contribution is -2.44. The van der Waals surface area contributed by atoms with Crippen molar-refractivity contribution in [2.45, 2.75) is 25.8 Å². The van der Waals surface area contributed by atoms with Gasteiger partial charge < -0.3 is 11.1 Å². The van der Waals surface area contributed by atoms with Gasteiger partial charge in [-0.1, -0.05) is 6.92 Å². The van der Waals surface area contributed by atoms with E-state index in [2.05, 4.69) is 10.6 Å². The molecule has 6 heteroatoms. The summed E-state index contributed by atoms with van der Waals surface area (Å²) < 4.78 is 0. The largest absolute Gasteiger partial charge is 0.338 e. The number of nitrogens with zero attached hydrogens (tertiary/aromatic N) is 1. The van der Waals surface area contributed by atoms with Gasteiger partial charge in [0.1, 0.15) is 0 Å². The Kier molecular flexibility index (Phi) is 5.21. The van der Waals surface area contributed by atoms with Crippen molar-refractivity contribution in [1.29, 1.82) is 0 Å². The first kappa shape index (κ1) is 12.9. The summed E-state index contributed by atoms with van der Waals surface area (Å²) in [5.41, 5.74) is 5.72. The molecule has 16 heavy (non-hydrogen) atoms. The molecule has 1 aliphatic heterocycles. The van der Waals surface area contributed by atoms with E-state index in [9.17, 15) is 9.59 Å². The average molecular weight is 228 g/mol. The summed E-state index contributed by atoms with van der Waals surface area (Å²) in [6, 6.07) is -0.267. The standard InChI is InChI=1S/C10H20N4O2/c1-2-4-12-10(16)13-9(15)7-14-5-3-8(11)6-14/h8H,2-7,11H2,1H3,(H2,12,13,15,16). The zero-order valence-corrected chi connectivity index (χ0v) is 9.66. The van der Waals surface area contributed by atoms with E-state index in [1.807, 2.05) is 11.8 Å². The van der Waals surface area contributed by atoms with E-state index in [0.717, 1.165) is 25.9 Å². The number of urea groups is 1. The molecule has 0 bridgehead atoms. The van der Waals surface area contributed by atoms with E-state index < -0.39 is 6.03 Å². The topological polar surface area (TPSA) is 87.5 Å². The summed E-state index contributed by atoms with van der Waals surface area (Å²) in [5, 5.41) is 4.87. The van der Waals surface area contributed by atoms with Crippen LogP contribution < -0.4 is 16.4 Å². The molecule has 1 atom stereocenters. The molecule has 1 heterocycles. The predicted octanol–water partition coefficient (Wildman–Crippen LogP) is -0.745. The summed E-state index contributed by atoms with van der Waals surface area (Å²) >= 11 is 0. The van der Waals surface area contributed by atoms with Crippen LogP contribution in [-0.4, -0.2) is 49.1 Å². The maximum absolute atomic E-state index is 11.4. The van der Waals surface area contributed by atoms with Crippen molar-refractivity contribution >= 4 is 11.9 Å². The number of nitrogens with two attached hydrogens (primary N) is 1. The quantitative estimate of drug-likeness (QED) is 0.591. The Labute approximate surface area is 95.5 Å². The molecule has 0 aromatic rings. The molecule has 92 valence electrons. The van der Waals surface area contributed by atoms with Crippen LogP contribution in [0.15, 0.2) is 0 Å². The van der Waals surface area contributed by atoms with Crippen LogP contribution in [0.5, 0.6) is 0 Å². The van der Waals surface area contributed by atoms with E-state index in [1.165, 1.54) is 0 Å². The van der Waals surface area contributed by atoms with Gasteiger partial charge in [-0.05, 0) is 12.8 Å². The van der Waals surface area contributed by atoms with Gasteiger partial charge in [-0.25, -0.2) is 4.79 Å². The number of carbonyl (C=O) groups is 2. The molecule has 1 aliphatic rings. The second-order valence-corrected chi connectivity index (χ2v) is 4.09. The van der Waals surface area contributed by atoms with Crippen LogP contribution in [0, 0.1) is 0 Å². The van der Waals surface area contributed by atoms with Gasteiger partial charge in [-0.2, -0.15) is 0 Å². The maximum atomic E-state index is 11.4. The number of imide groups is 1. The molecule has 6 nitrogen and oxygen atoms in total. The summed E-state index contributed by atoms with van der Waals surface area (Å²) in [5.74, 6) is -0.275. The van der Waals surface area contributed by atoms with Crippen LogP contribution in [0.3, 0.4) is 0 Å². The molecule has 3 amide bonds. The number of hydrogen-bond donors (Lipinski definition) is 3. The highest BCUT2D eigenvalue weighted by molar-refractivity contribution is 5.95. The van der Waals surface area contributed by atoms with E-state index in [0.29, 0.717) is 6.54 Å². The van der Waals surface area contributed by atoms with Gasteiger partial charge in [0.15, 0.2) is 0 Å². The first-order valence-corrected chi connectivity index (χ1v) is 5.67. The molecular weight excluding hydrogens is 208 g/mol. The third-order valence-corrected chi connectivity index (χ3v) is 2.46. The molecule has 1 unspecified atom stereocenters. The lowest BCUT2D eigenvalue weighted by Gasteiger charge is -2.14. The van der Waals surface area contributed by atoms with E-state index in [4.69, 9.17) is 5.73 Å². The zero-order valence-electron chi connectivity index (χ0n) is 9.66. The summed E-state index contributed by atoms with van der Waals surface area (Å²) in [7, 11) is 0. The highest BCUT2D eigenvalue weighted by Gasteiger charge is 2.21. The smallest absolute Gasteiger partial charge is 0.321 e. The predicted molar refractivity (Wildman–Crippen MR) is 60.9 cm³/mol. The molecule has 0 aromatic carbocycles. The lowest BCUT2D eigenvalue weighted by atomic mass is 10.3.